The summed E-state index contributed by atoms with van der Waals surface area (Å²) in [5.74, 6) is -0.0565. The molecule has 15 heteroatoms. The average molecular weight is 936 g/mol. The van der Waals surface area contributed by atoms with Crippen molar-refractivity contribution in [2.45, 2.75) is 143 Å². The number of nitrogens with zero attached hydrogens (tertiary/aromatic N) is 5. The molecule has 3 aromatic heterocycles. The van der Waals surface area contributed by atoms with Crippen LogP contribution in [-0.2, 0) is 46.3 Å². The van der Waals surface area contributed by atoms with E-state index in [0.717, 1.165) is 78.1 Å². The van der Waals surface area contributed by atoms with Gasteiger partial charge in [-0.1, -0.05) is 41.5 Å². The van der Waals surface area contributed by atoms with Crippen molar-refractivity contribution in [2.24, 2.45) is 23.2 Å². The minimum atomic E-state index is -1.15. The second-order valence-corrected chi connectivity index (χ2v) is 21.4. The van der Waals surface area contributed by atoms with Crippen LogP contribution < -0.4 is 10.7 Å². The number of rotatable bonds is 11. The standard InChI is InChI=1S/C53H73N7O8/c1-10-65-48-42-28-67-50(55-42)35-13-14-43-38(23-35)40(25-53(8,9)29-68-52(63)41-12-11-16-60(57-41)51(62)46(48)56-49(61)44-32(6)33(44)7)47(59(43)19-21-66-31(4)5)39-24-36(26-54-45(39)30(2)3)34-15-17-58-18-20-64-27-37(58)22-34/h13-14,23-24,26,28,30-34,37,41,44,46,48,57H,10-12,15-22,25,27,29H2,1-9H3,(H,56,61)/t32-,33+,34-,37?,41+,44+,46+,48-/m1/s1. The molecule has 8 atom stereocenters. The van der Waals surface area contributed by atoms with Crippen LogP contribution in [-0.4, -0.2) is 119 Å². The number of carbonyl (C=O) groups excluding carboxylic acids is 3. The monoisotopic (exact) mass is 936 g/mol. The summed E-state index contributed by atoms with van der Waals surface area (Å²) >= 11 is 0. The fourth-order valence-electron chi connectivity index (χ4n) is 11.2. The lowest BCUT2D eigenvalue weighted by Crippen LogP contribution is -2.61. The Hall–Kier alpha value is -4.67. The highest BCUT2D eigenvalue weighted by Gasteiger charge is 2.50. The van der Waals surface area contributed by atoms with Crippen LogP contribution in [0.3, 0.4) is 0 Å². The summed E-state index contributed by atoms with van der Waals surface area (Å²) in [6, 6.07) is 7.21. The van der Waals surface area contributed by atoms with Gasteiger partial charge in [-0.25, -0.2) is 10.4 Å². The van der Waals surface area contributed by atoms with E-state index in [1.807, 2.05) is 26.8 Å². The molecule has 1 aromatic carbocycles. The molecule has 5 aliphatic rings. The Morgan fingerprint density at radius 2 is 1.87 bits per heavy atom. The maximum absolute atomic E-state index is 14.7. The molecule has 3 saturated heterocycles. The number of aromatic nitrogens is 3. The highest BCUT2D eigenvalue weighted by atomic mass is 16.5. The largest absolute Gasteiger partial charge is 0.464 e. The first-order chi connectivity index (χ1) is 32.6. The fourth-order valence-corrected chi connectivity index (χ4v) is 11.2. The topological polar surface area (TPSA) is 163 Å². The SMILES string of the molecule is CCO[C@@H]1c2coc(n2)-c2ccc3c(c2)c(c(-c2cc([C@@H]4CCN5CCOCC5C4)cnc2C(C)C)n3CCOC(C)C)CC(C)(C)COC(=O)[C@@H]2CCCN(N2)C(=O)[C@H]1NC(=O)[C@H]1[C@H](C)[C@@H]1C. The van der Waals surface area contributed by atoms with E-state index in [4.69, 9.17) is 33.3 Å². The lowest BCUT2D eigenvalue weighted by atomic mass is 9.82. The van der Waals surface area contributed by atoms with Crippen molar-refractivity contribution in [3.8, 4) is 22.7 Å². The highest BCUT2D eigenvalue weighted by molar-refractivity contribution is 5.95. The first-order valence-electron chi connectivity index (χ1n) is 25.3. The molecule has 0 radical (unpaired) electrons. The Balaban J connectivity index is 1.20. The van der Waals surface area contributed by atoms with Gasteiger partial charge in [-0.2, -0.15) is 0 Å². The van der Waals surface area contributed by atoms with Gasteiger partial charge in [-0.3, -0.25) is 29.3 Å². The quantitative estimate of drug-likeness (QED) is 0.142. The van der Waals surface area contributed by atoms with Crippen LogP contribution >= 0.6 is 0 Å². The number of oxazole rings is 1. The number of hydrazine groups is 1. The van der Waals surface area contributed by atoms with E-state index < -0.39 is 35.5 Å². The molecule has 7 heterocycles. The number of cyclic esters (lactones) is 1. The zero-order valence-electron chi connectivity index (χ0n) is 41.6. The molecule has 4 aromatic rings. The van der Waals surface area contributed by atoms with Crippen molar-refractivity contribution in [3.63, 3.8) is 0 Å². The molecule has 2 N–H and O–H groups in total. The summed E-state index contributed by atoms with van der Waals surface area (Å²) in [4.78, 5) is 55.5. The predicted octanol–water partition coefficient (Wildman–Crippen LogP) is 7.57. The van der Waals surface area contributed by atoms with Crippen LogP contribution in [0.15, 0.2) is 41.1 Å². The molecule has 0 spiro atoms. The van der Waals surface area contributed by atoms with E-state index in [0.29, 0.717) is 62.5 Å². The fraction of sp³-hybridized carbons (Fsp3) is 0.642. The highest BCUT2D eigenvalue weighted by Crippen LogP contribution is 2.46. The van der Waals surface area contributed by atoms with Gasteiger partial charge in [0.1, 0.15) is 30.1 Å². The molecular formula is C53H73N7O8. The van der Waals surface area contributed by atoms with Gasteiger partial charge in [0.05, 0.1) is 43.9 Å². The Kier molecular flexibility index (Phi) is 14.2. The number of nitrogens with one attached hydrogen (secondary N) is 2. The van der Waals surface area contributed by atoms with Crippen molar-refractivity contribution < 1.29 is 37.7 Å². The van der Waals surface area contributed by atoms with Gasteiger partial charge in [-0.15, -0.1) is 0 Å². The van der Waals surface area contributed by atoms with Gasteiger partial charge in [0.2, 0.25) is 11.8 Å². The molecule has 1 unspecified atom stereocenters. The third-order valence-corrected chi connectivity index (χ3v) is 15.2. The molecule has 9 rings (SSSR count). The Bertz CT molecular complexity index is 2470. The number of piperidine rings is 1. The van der Waals surface area contributed by atoms with Crippen LogP contribution in [0.2, 0.25) is 0 Å². The number of pyridine rings is 1. The number of hydrogen-bond donors (Lipinski definition) is 2. The lowest BCUT2D eigenvalue weighted by Gasteiger charge is -2.42. The summed E-state index contributed by atoms with van der Waals surface area (Å²) in [7, 11) is 0. The van der Waals surface area contributed by atoms with Crippen molar-refractivity contribution in [3.05, 3.63) is 59.2 Å². The van der Waals surface area contributed by atoms with E-state index >= 15 is 0 Å². The number of fused-ring (bicyclic) bond motifs is 7. The number of amides is 2. The van der Waals surface area contributed by atoms with Gasteiger partial charge in [0.25, 0.3) is 5.91 Å². The van der Waals surface area contributed by atoms with E-state index in [1.54, 1.807) is 0 Å². The first kappa shape index (κ1) is 48.4. The van der Waals surface area contributed by atoms with Gasteiger partial charge in [0, 0.05) is 71.8 Å². The zero-order chi connectivity index (χ0) is 48.0. The minimum Gasteiger partial charge on any atom is -0.464 e. The Morgan fingerprint density at radius 3 is 2.62 bits per heavy atom. The molecular weight excluding hydrogens is 863 g/mol. The maximum Gasteiger partial charge on any atom is 0.324 e. The molecule has 1 aliphatic carbocycles. The number of hydrogen-bond acceptors (Lipinski definition) is 12. The van der Waals surface area contributed by atoms with Gasteiger partial charge in [-0.05, 0) is 118 Å². The Labute approximate surface area is 401 Å². The predicted molar refractivity (Wildman–Crippen MR) is 258 cm³/mol. The van der Waals surface area contributed by atoms with Crippen molar-refractivity contribution in [1.29, 1.82) is 0 Å². The third-order valence-electron chi connectivity index (χ3n) is 15.2. The van der Waals surface area contributed by atoms with Crippen LogP contribution in [0.4, 0.5) is 0 Å². The molecule has 4 fully saturated rings. The second kappa shape index (κ2) is 20.0. The van der Waals surface area contributed by atoms with E-state index in [1.165, 1.54) is 16.8 Å². The Morgan fingerprint density at radius 1 is 1.06 bits per heavy atom. The molecule has 15 nitrogen and oxygen atoms in total. The van der Waals surface area contributed by atoms with E-state index in [9.17, 15) is 14.4 Å². The average Bonchev–Trinajstić information content (AvgIpc) is 3.59. The number of morpholine rings is 1. The van der Waals surface area contributed by atoms with E-state index in [-0.39, 0.29) is 48.9 Å². The van der Waals surface area contributed by atoms with Crippen molar-refractivity contribution >= 4 is 28.7 Å². The number of benzene rings is 1. The molecule has 68 heavy (non-hydrogen) atoms. The van der Waals surface area contributed by atoms with Gasteiger partial charge >= 0.3 is 5.97 Å². The zero-order valence-corrected chi connectivity index (χ0v) is 41.6. The molecule has 4 aliphatic heterocycles. The summed E-state index contributed by atoms with van der Waals surface area (Å²) in [5.41, 5.74) is 10.4. The third kappa shape index (κ3) is 9.88. The molecule has 1 saturated carbocycles. The molecule has 2 amide bonds. The summed E-state index contributed by atoms with van der Waals surface area (Å²) in [6.45, 7) is 24.2. The second-order valence-electron chi connectivity index (χ2n) is 21.4. The van der Waals surface area contributed by atoms with Crippen LogP contribution in [0.1, 0.15) is 128 Å². The van der Waals surface area contributed by atoms with Crippen LogP contribution in [0.5, 0.6) is 0 Å². The lowest BCUT2D eigenvalue weighted by molar-refractivity contribution is -0.156. The summed E-state index contributed by atoms with van der Waals surface area (Å²) in [6.07, 6.45) is 6.43. The van der Waals surface area contributed by atoms with E-state index in [2.05, 4.69) is 86.1 Å². The number of ether oxygens (including phenoxy) is 4. The number of esters is 1. The smallest absolute Gasteiger partial charge is 0.324 e. The molecule has 6 bridgehead atoms. The van der Waals surface area contributed by atoms with Crippen LogP contribution in [0.25, 0.3) is 33.6 Å². The van der Waals surface area contributed by atoms with Gasteiger partial charge < -0.3 is 33.2 Å². The number of carbonyl (C=O) groups is 3. The van der Waals surface area contributed by atoms with Crippen molar-refractivity contribution in [1.82, 2.24) is 35.2 Å². The first-order valence-corrected chi connectivity index (χ1v) is 25.3. The van der Waals surface area contributed by atoms with Crippen molar-refractivity contribution in [2.75, 3.05) is 52.7 Å². The molecule has 368 valence electrons. The van der Waals surface area contributed by atoms with Gasteiger partial charge in [0.15, 0.2) is 0 Å². The normalized spacial score (nSPS) is 27.8. The van der Waals surface area contributed by atoms with Crippen LogP contribution in [0, 0.1) is 23.2 Å². The maximum atomic E-state index is 14.7. The summed E-state index contributed by atoms with van der Waals surface area (Å²) < 4.78 is 33.6. The summed E-state index contributed by atoms with van der Waals surface area (Å²) in [5, 5.41) is 5.54. The minimum absolute atomic E-state index is 0.0522.